The Morgan fingerprint density at radius 2 is 2.38 bits per heavy atom. The lowest BCUT2D eigenvalue weighted by atomic mass is 9.87. The molecule has 0 amide bonds. The summed E-state index contributed by atoms with van der Waals surface area (Å²) in [6, 6.07) is 0. The van der Waals surface area contributed by atoms with Crippen molar-refractivity contribution in [3.8, 4) is 0 Å². The van der Waals surface area contributed by atoms with E-state index in [0.29, 0.717) is 0 Å². The molecule has 1 aliphatic carbocycles. The summed E-state index contributed by atoms with van der Waals surface area (Å²) in [6.45, 7) is 1.89. The number of aliphatic carboxylic acids is 1. The highest BCUT2D eigenvalue weighted by molar-refractivity contribution is 5.73. The van der Waals surface area contributed by atoms with Gasteiger partial charge in [0.2, 0.25) is 0 Å². The summed E-state index contributed by atoms with van der Waals surface area (Å²) < 4.78 is 0. The van der Waals surface area contributed by atoms with Gasteiger partial charge in [-0.25, -0.2) is 4.89 Å². The van der Waals surface area contributed by atoms with Crippen LogP contribution in [0.15, 0.2) is 23.8 Å². The summed E-state index contributed by atoms with van der Waals surface area (Å²) in [7, 11) is 0. The van der Waals surface area contributed by atoms with Crippen molar-refractivity contribution in [2.45, 2.75) is 6.92 Å². The Kier molecular flexibility index (Phi) is 3.22. The number of hydrogen-bond donors (Lipinski definition) is 2. The third kappa shape index (κ3) is 2.40. The van der Waals surface area contributed by atoms with Crippen molar-refractivity contribution in [2.24, 2.45) is 11.8 Å². The SMILES string of the molecule is CC1=CC(COO)C(C(=O)O)C=C1. The van der Waals surface area contributed by atoms with E-state index in [1.54, 1.807) is 18.2 Å². The van der Waals surface area contributed by atoms with Gasteiger partial charge in [-0.1, -0.05) is 23.8 Å². The van der Waals surface area contributed by atoms with E-state index in [0.717, 1.165) is 5.57 Å². The van der Waals surface area contributed by atoms with Crippen LogP contribution in [0.4, 0.5) is 0 Å². The van der Waals surface area contributed by atoms with Gasteiger partial charge in [0, 0.05) is 5.92 Å². The second-order valence-corrected chi connectivity index (χ2v) is 3.09. The van der Waals surface area contributed by atoms with Gasteiger partial charge < -0.3 is 5.11 Å². The molecule has 0 bridgehead atoms. The van der Waals surface area contributed by atoms with Crippen molar-refractivity contribution in [2.75, 3.05) is 6.61 Å². The number of rotatable bonds is 3. The van der Waals surface area contributed by atoms with Crippen molar-refractivity contribution < 1.29 is 20.0 Å². The monoisotopic (exact) mass is 184 g/mol. The smallest absolute Gasteiger partial charge is 0.311 e. The van der Waals surface area contributed by atoms with E-state index in [1.807, 2.05) is 6.92 Å². The van der Waals surface area contributed by atoms with Crippen molar-refractivity contribution in [1.29, 1.82) is 0 Å². The average Bonchev–Trinajstić information content (AvgIpc) is 2.04. The second kappa shape index (κ2) is 4.20. The Morgan fingerprint density at radius 3 is 2.92 bits per heavy atom. The highest BCUT2D eigenvalue weighted by Crippen LogP contribution is 2.23. The molecule has 4 nitrogen and oxygen atoms in total. The van der Waals surface area contributed by atoms with E-state index in [2.05, 4.69) is 4.89 Å². The molecule has 0 saturated carbocycles. The van der Waals surface area contributed by atoms with Crippen LogP contribution < -0.4 is 0 Å². The number of hydrogen-bond acceptors (Lipinski definition) is 3. The number of carboxylic acids is 1. The van der Waals surface area contributed by atoms with Crippen LogP contribution in [-0.4, -0.2) is 22.9 Å². The van der Waals surface area contributed by atoms with E-state index in [-0.39, 0.29) is 12.5 Å². The molecule has 0 aromatic carbocycles. The van der Waals surface area contributed by atoms with Gasteiger partial charge in [-0.05, 0) is 6.92 Å². The second-order valence-electron chi connectivity index (χ2n) is 3.09. The van der Waals surface area contributed by atoms with Gasteiger partial charge in [0.05, 0.1) is 12.5 Å². The molecule has 0 heterocycles. The van der Waals surface area contributed by atoms with Gasteiger partial charge in [-0.2, -0.15) is 0 Å². The van der Waals surface area contributed by atoms with E-state index in [9.17, 15) is 4.79 Å². The maximum atomic E-state index is 10.7. The molecule has 72 valence electrons. The van der Waals surface area contributed by atoms with Gasteiger partial charge in [0.15, 0.2) is 0 Å². The quantitative estimate of drug-likeness (QED) is 0.512. The maximum absolute atomic E-state index is 10.7. The molecular weight excluding hydrogens is 172 g/mol. The Hall–Kier alpha value is -1.13. The predicted molar refractivity (Wildman–Crippen MR) is 46.1 cm³/mol. The minimum Gasteiger partial charge on any atom is -0.481 e. The molecule has 1 aliphatic rings. The predicted octanol–water partition coefficient (Wildman–Crippen LogP) is 1.31. The normalized spacial score (nSPS) is 27.1. The van der Waals surface area contributed by atoms with E-state index < -0.39 is 11.9 Å². The molecule has 0 aromatic rings. The number of carbonyl (C=O) groups is 1. The van der Waals surface area contributed by atoms with Crippen molar-refractivity contribution in [3.05, 3.63) is 23.8 Å². The van der Waals surface area contributed by atoms with E-state index in [1.165, 1.54) is 0 Å². The number of allylic oxidation sites excluding steroid dienone is 2. The van der Waals surface area contributed by atoms with Gasteiger partial charge in [-0.15, -0.1) is 0 Å². The Bertz CT molecular complexity index is 254. The Labute approximate surface area is 76.1 Å². The van der Waals surface area contributed by atoms with Gasteiger partial charge in [0.1, 0.15) is 0 Å². The summed E-state index contributed by atoms with van der Waals surface area (Å²) in [5, 5.41) is 17.1. The zero-order valence-electron chi connectivity index (χ0n) is 7.30. The lowest BCUT2D eigenvalue weighted by Crippen LogP contribution is -2.25. The van der Waals surface area contributed by atoms with E-state index >= 15 is 0 Å². The summed E-state index contributed by atoms with van der Waals surface area (Å²) in [6.07, 6.45) is 5.16. The van der Waals surface area contributed by atoms with Gasteiger partial charge in [-0.3, -0.25) is 10.1 Å². The lowest BCUT2D eigenvalue weighted by molar-refractivity contribution is -0.250. The van der Waals surface area contributed by atoms with Crippen LogP contribution >= 0.6 is 0 Å². The van der Waals surface area contributed by atoms with Crippen LogP contribution in [0.5, 0.6) is 0 Å². The molecule has 4 heteroatoms. The third-order valence-corrected chi connectivity index (χ3v) is 2.06. The van der Waals surface area contributed by atoms with Crippen molar-refractivity contribution in [1.82, 2.24) is 0 Å². The molecule has 0 aliphatic heterocycles. The largest absolute Gasteiger partial charge is 0.481 e. The van der Waals surface area contributed by atoms with Crippen LogP contribution in [0.3, 0.4) is 0 Å². The van der Waals surface area contributed by atoms with Crippen LogP contribution in [-0.2, 0) is 9.68 Å². The molecule has 0 radical (unpaired) electrons. The number of carboxylic acid groups (broad SMARTS) is 1. The van der Waals surface area contributed by atoms with Crippen LogP contribution in [0, 0.1) is 11.8 Å². The minimum atomic E-state index is -0.901. The maximum Gasteiger partial charge on any atom is 0.311 e. The van der Waals surface area contributed by atoms with Crippen molar-refractivity contribution in [3.63, 3.8) is 0 Å². The summed E-state index contributed by atoms with van der Waals surface area (Å²) in [5.74, 6) is -1.79. The minimum absolute atomic E-state index is 0.0125. The molecule has 2 atom stereocenters. The first-order valence-corrected chi connectivity index (χ1v) is 4.01. The van der Waals surface area contributed by atoms with Crippen LogP contribution in [0.25, 0.3) is 0 Å². The molecule has 1 rings (SSSR count). The molecule has 13 heavy (non-hydrogen) atoms. The Balaban J connectivity index is 2.75. The Morgan fingerprint density at radius 1 is 1.69 bits per heavy atom. The first-order valence-electron chi connectivity index (χ1n) is 4.01. The molecule has 0 aromatic heterocycles. The average molecular weight is 184 g/mol. The zero-order valence-corrected chi connectivity index (χ0v) is 7.30. The van der Waals surface area contributed by atoms with Crippen LogP contribution in [0.1, 0.15) is 6.92 Å². The molecule has 0 spiro atoms. The standard InChI is InChI=1S/C9H12O4/c1-6-2-3-8(9(10)11)7(4-6)5-13-12/h2-4,7-8,12H,5H2,1H3,(H,10,11). The lowest BCUT2D eigenvalue weighted by Gasteiger charge is -2.20. The molecule has 2 N–H and O–H groups in total. The topological polar surface area (TPSA) is 66.8 Å². The summed E-state index contributed by atoms with van der Waals surface area (Å²) >= 11 is 0. The summed E-state index contributed by atoms with van der Waals surface area (Å²) in [4.78, 5) is 14.7. The van der Waals surface area contributed by atoms with Gasteiger partial charge >= 0.3 is 5.97 Å². The molecule has 2 unspecified atom stereocenters. The first-order chi connectivity index (χ1) is 6.15. The highest BCUT2D eigenvalue weighted by Gasteiger charge is 2.26. The first kappa shape index (κ1) is 9.95. The fourth-order valence-corrected chi connectivity index (χ4v) is 1.40. The fraction of sp³-hybridized carbons (Fsp3) is 0.444. The zero-order chi connectivity index (χ0) is 9.84. The van der Waals surface area contributed by atoms with Crippen molar-refractivity contribution >= 4 is 5.97 Å². The van der Waals surface area contributed by atoms with E-state index in [4.69, 9.17) is 10.4 Å². The third-order valence-electron chi connectivity index (χ3n) is 2.06. The molecule has 0 fully saturated rings. The molecule has 0 saturated heterocycles. The molecular formula is C9H12O4. The fourth-order valence-electron chi connectivity index (χ4n) is 1.40. The summed E-state index contributed by atoms with van der Waals surface area (Å²) in [5.41, 5.74) is 0.986. The van der Waals surface area contributed by atoms with Crippen LogP contribution in [0.2, 0.25) is 0 Å². The highest BCUT2D eigenvalue weighted by atomic mass is 17.1. The van der Waals surface area contributed by atoms with Gasteiger partial charge in [0.25, 0.3) is 0 Å².